The molecule has 0 bridgehead atoms. The summed E-state index contributed by atoms with van der Waals surface area (Å²) in [4.78, 5) is 10.9. The van der Waals surface area contributed by atoms with Crippen LogP contribution < -0.4 is 0 Å². The molecule has 2 rings (SSSR count). The van der Waals surface area contributed by atoms with E-state index in [0.717, 1.165) is 37.7 Å². The molecule has 170 valence electrons. The summed E-state index contributed by atoms with van der Waals surface area (Å²) < 4.78 is 0. The first-order valence-electron chi connectivity index (χ1n) is 11.5. The van der Waals surface area contributed by atoms with E-state index in [2.05, 4.69) is 41.5 Å². The summed E-state index contributed by atoms with van der Waals surface area (Å²) in [7, 11) is 0. The number of carbonyl (C=O) groups is 1. The lowest BCUT2D eigenvalue weighted by molar-refractivity contribution is 0.0697. The molecular formula is C27H34N2O3. The minimum absolute atomic E-state index is 0.154. The van der Waals surface area contributed by atoms with Crippen LogP contribution in [0.3, 0.4) is 0 Å². The minimum Gasteiger partial charge on any atom is -0.508 e. The van der Waals surface area contributed by atoms with E-state index in [9.17, 15) is 9.90 Å². The Hall–Kier alpha value is -3.21. The minimum atomic E-state index is -0.972. The number of phenols is 1. The van der Waals surface area contributed by atoms with Gasteiger partial charge in [0.2, 0.25) is 0 Å². The molecule has 0 saturated carbocycles. The molecule has 2 N–H and O–H groups in total. The average Bonchev–Trinajstić information content (AvgIpc) is 2.79. The third-order valence-corrected chi connectivity index (χ3v) is 5.11. The number of carboxylic acids is 1. The van der Waals surface area contributed by atoms with Crippen molar-refractivity contribution >= 4 is 17.3 Å². The van der Waals surface area contributed by atoms with Crippen LogP contribution in [0.2, 0.25) is 0 Å². The highest BCUT2D eigenvalue weighted by Crippen LogP contribution is 2.28. The maximum Gasteiger partial charge on any atom is 0.335 e. The molecule has 0 aromatic heterocycles. The van der Waals surface area contributed by atoms with Crippen molar-refractivity contribution in [1.29, 1.82) is 0 Å². The van der Waals surface area contributed by atoms with E-state index in [4.69, 9.17) is 5.11 Å². The van der Waals surface area contributed by atoms with Gasteiger partial charge in [-0.05, 0) is 68.0 Å². The molecule has 0 radical (unpaired) electrons. The van der Waals surface area contributed by atoms with E-state index in [1.54, 1.807) is 24.3 Å². The van der Waals surface area contributed by atoms with Gasteiger partial charge in [-0.2, -0.15) is 10.2 Å². The van der Waals surface area contributed by atoms with Crippen molar-refractivity contribution in [3.05, 3.63) is 77.9 Å². The fourth-order valence-electron chi connectivity index (χ4n) is 3.26. The maximum atomic E-state index is 10.9. The van der Waals surface area contributed by atoms with Gasteiger partial charge in [0.25, 0.3) is 0 Å². The van der Waals surface area contributed by atoms with Crippen LogP contribution in [0.5, 0.6) is 5.75 Å². The van der Waals surface area contributed by atoms with Crippen LogP contribution in [0.1, 0.15) is 74.2 Å². The van der Waals surface area contributed by atoms with Crippen LogP contribution in [-0.4, -0.2) is 16.2 Å². The van der Waals surface area contributed by atoms with Crippen molar-refractivity contribution in [1.82, 2.24) is 0 Å². The van der Waals surface area contributed by atoms with Gasteiger partial charge in [0.15, 0.2) is 0 Å². The van der Waals surface area contributed by atoms with E-state index in [0.29, 0.717) is 11.4 Å². The van der Waals surface area contributed by atoms with Crippen LogP contribution in [0.15, 0.2) is 77.0 Å². The van der Waals surface area contributed by atoms with E-state index in [1.807, 2.05) is 6.07 Å². The number of aryl methyl sites for hydroxylation is 1. The monoisotopic (exact) mass is 434 g/mol. The molecule has 5 nitrogen and oxygen atoms in total. The number of benzene rings is 2. The van der Waals surface area contributed by atoms with E-state index in [1.165, 1.54) is 37.8 Å². The Balaban J connectivity index is 1.76. The Bertz CT molecular complexity index is 915. The molecule has 0 spiro atoms. The summed E-state index contributed by atoms with van der Waals surface area (Å²) in [5, 5.41) is 27.3. The number of rotatable bonds is 14. The quantitative estimate of drug-likeness (QED) is 0.178. The number of aromatic carboxylic acids is 1. The molecule has 32 heavy (non-hydrogen) atoms. The number of allylic oxidation sites excluding steroid dienone is 4. The second kappa shape index (κ2) is 14.7. The zero-order chi connectivity index (χ0) is 23.0. The lowest BCUT2D eigenvalue weighted by Crippen LogP contribution is -1.93. The second-order valence-corrected chi connectivity index (χ2v) is 7.82. The van der Waals surface area contributed by atoms with E-state index in [-0.39, 0.29) is 11.3 Å². The van der Waals surface area contributed by atoms with Crippen molar-refractivity contribution in [3.63, 3.8) is 0 Å². The highest BCUT2D eigenvalue weighted by atomic mass is 16.4. The predicted molar refractivity (Wildman–Crippen MR) is 130 cm³/mol. The van der Waals surface area contributed by atoms with Gasteiger partial charge in [-0.3, -0.25) is 0 Å². The Morgan fingerprint density at radius 1 is 0.875 bits per heavy atom. The van der Waals surface area contributed by atoms with Gasteiger partial charge in [-0.25, -0.2) is 4.79 Å². The van der Waals surface area contributed by atoms with Crippen molar-refractivity contribution in [2.45, 2.75) is 64.7 Å². The van der Waals surface area contributed by atoms with Gasteiger partial charge >= 0.3 is 5.97 Å². The summed E-state index contributed by atoms with van der Waals surface area (Å²) in [6.45, 7) is 2.19. The highest BCUT2D eigenvalue weighted by molar-refractivity contribution is 5.87. The number of phenolic OH excluding ortho intramolecular Hbond substituents is 1. The molecule has 0 saturated heterocycles. The summed E-state index contributed by atoms with van der Waals surface area (Å²) in [5.74, 6) is -0.818. The van der Waals surface area contributed by atoms with E-state index >= 15 is 0 Å². The molecule has 0 fully saturated rings. The Morgan fingerprint density at radius 2 is 1.56 bits per heavy atom. The maximum absolute atomic E-state index is 10.9. The molecule has 0 heterocycles. The molecule has 5 heteroatoms. The third-order valence-electron chi connectivity index (χ3n) is 5.11. The highest BCUT2D eigenvalue weighted by Gasteiger charge is 2.05. The summed E-state index contributed by atoms with van der Waals surface area (Å²) in [5.41, 5.74) is 2.48. The summed E-state index contributed by atoms with van der Waals surface area (Å²) in [6, 6.07) is 11.4. The zero-order valence-electron chi connectivity index (χ0n) is 18.9. The van der Waals surface area contributed by atoms with Crippen molar-refractivity contribution in [2.75, 3.05) is 0 Å². The van der Waals surface area contributed by atoms with Gasteiger partial charge < -0.3 is 10.2 Å². The normalized spacial score (nSPS) is 11.8. The van der Waals surface area contributed by atoms with Crippen LogP contribution in [0.4, 0.5) is 11.4 Å². The van der Waals surface area contributed by atoms with Crippen LogP contribution in [0.25, 0.3) is 0 Å². The smallest absolute Gasteiger partial charge is 0.335 e. The lowest BCUT2D eigenvalue weighted by atomic mass is 10.0. The molecule has 2 aromatic rings. The van der Waals surface area contributed by atoms with Crippen LogP contribution in [0, 0.1) is 0 Å². The lowest BCUT2D eigenvalue weighted by Gasteiger charge is -2.06. The number of aromatic hydroxyl groups is 1. The molecule has 0 aliphatic carbocycles. The topological polar surface area (TPSA) is 82.2 Å². The standard InChI is InChI=1S/C27H34N2O3/c1-2-3-4-5-6-7-8-9-10-11-12-13-14-22-17-20-25(30)21-26(22)29-28-24-18-15-23(16-19-24)27(31)32/h4-7,15-21,30H,2-3,8-14H2,1H3,(H,31,32)/b5-4-,7-6-,29-28?. The van der Waals surface area contributed by atoms with Crippen molar-refractivity contribution in [3.8, 4) is 5.75 Å². The van der Waals surface area contributed by atoms with Crippen LogP contribution >= 0.6 is 0 Å². The first-order valence-corrected chi connectivity index (χ1v) is 11.5. The third kappa shape index (κ3) is 9.73. The Labute approximate surface area is 191 Å². The van der Waals surface area contributed by atoms with Crippen LogP contribution in [-0.2, 0) is 6.42 Å². The Kier molecular flexibility index (Phi) is 11.5. The molecule has 0 aliphatic heterocycles. The first-order chi connectivity index (χ1) is 15.6. The van der Waals surface area contributed by atoms with Crippen molar-refractivity contribution < 1.29 is 15.0 Å². The van der Waals surface area contributed by atoms with Gasteiger partial charge in [0.1, 0.15) is 5.75 Å². The average molecular weight is 435 g/mol. The Morgan fingerprint density at radius 3 is 2.28 bits per heavy atom. The molecular weight excluding hydrogens is 400 g/mol. The first kappa shape index (κ1) is 25.1. The fraction of sp³-hybridized carbons (Fsp3) is 0.370. The SMILES string of the molecule is CCC/C=C\C=C/CCCCCCCc1ccc(O)cc1N=Nc1ccc(C(=O)O)cc1. The zero-order valence-corrected chi connectivity index (χ0v) is 18.9. The largest absolute Gasteiger partial charge is 0.508 e. The van der Waals surface area contributed by atoms with E-state index < -0.39 is 5.97 Å². The molecule has 2 aromatic carbocycles. The number of hydrogen-bond acceptors (Lipinski definition) is 4. The number of nitrogens with zero attached hydrogens (tertiary/aromatic N) is 2. The van der Waals surface area contributed by atoms with Gasteiger partial charge in [0, 0.05) is 6.07 Å². The molecule has 0 atom stereocenters. The molecule has 0 unspecified atom stereocenters. The predicted octanol–water partition coefficient (Wildman–Crippen LogP) is 8.30. The van der Waals surface area contributed by atoms with Crippen molar-refractivity contribution in [2.24, 2.45) is 10.2 Å². The second-order valence-electron chi connectivity index (χ2n) is 7.82. The van der Waals surface area contributed by atoms with Gasteiger partial charge in [-0.1, -0.05) is 63.0 Å². The number of azo groups is 1. The summed E-state index contributed by atoms with van der Waals surface area (Å²) >= 11 is 0. The van der Waals surface area contributed by atoms with Gasteiger partial charge in [-0.15, -0.1) is 0 Å². The number of carboxylic acid groups (broad SMARTS) is 1. The fourth-order valence-corrected chi connectivity index (χ4v) is 3.26. The number of unbranched alkanes of at least 4 members (excludes halogenated alkanes) is 6. The molecule has 0 amide bonds. The molecule has 0 aliphatic rings. The van der Waals surface area contributed by atoms with Gasteiger partial charge in [0.05, 0.1) is 16.9 Å². The summed E-state index contributed by atoms with van der Waals surface area (Å²) in [6.07, 6.45) is 19.0. The number of hydrogen-bond donors (Lipinski definition) is 2.